The van der Waals surface area contributed by atoms with Crippen LogP contribution in [0.1, 0.15) is 17.7 Å². The van der Waals surface area contributed by atoms with E-state index in [2.05, 4.69) is 0 Å². The van der Waals surface area contributed by atoms with E-state index in [9.17, 15) is 9.18 Å². The Bertz CT molecular complexity index is 669. The van der Waals surface area contributed by atoms with E-state index in [0.29, 0.717) is 6.42 Å². The Kier molecular flexibility index (Phi) is 4.01. The molecule has 108 valence electrons. The van der Waals surface area contributed by atoms with E-state index < -0.39 is 5.97 Å². The maximum Gasteiger partial charge on any atom is 0.323 e. The summed E-state index contributed by atoms with van der Waals surface area (Å²) in [5.74, 6) is -1.19. The number of carbonyl (C=O) groups is 1. The van der Waals surface area contributed by atoms with E-state index in [4.69, 9.17) is 10.8 Å². The number of aliphatic carboxylic acids is 1. The third kappa shape index (κ3) is 2.39. The lowest BCUT2D eigenvalue weighted by Crippen LogP contribution is -2.28. The maximum absolute atomic E-state index is 13.4. The minimum absolute atomic E-state index is 0. The van der Waals surface area contributed by atoms with Crippen LogP contribution in [0.4, 0.5) is 4.39 Å². The molecule has 0 radical (unpaired) electrons. The Morgan fingerprint density at radius 2 is 2.25 bits per heavy atom. The Labute approximate surface area is 121 Å². The molecule has 6 heteroatoms. The summed E-state index contributed by atoms with van der Waals surface area (Å²) in [7, 11) is 0. The Morgan fingerprint density at radius 3 is 2.95 bits per heavy atom. The number of halogens is 2. The smallest absolute Gasteiger partial charge is 0.323 e. The number of carboxylic acid groups (broad SMARTS) is 1. The van der Waals surface area contributed by atoms with Crippen molar-refractivity contribution in [2.75, 3.05) is 0 Å². The van der Waals surface area contributed by atoms with Crippen LogP contribution in [0.15, 0.2) is 18.2 Å². The zero-order chi connectivity index (χ0) is 13.6. The fourth-order valence-corrected chi connectivity index (χ4v) is 2.96. The number of nitrogens with two attached hydrogens (primary N) is 1. The predicted molar refractivity (Wildman–Crippen MR) is 76.8 cm³/mol. The molecule has 2 aromatic rings. The molecule has 1 aliphatic carbocycles. The molecule has 1 aromatic carbocycles. The highest BCUT2D eigenvalue weighted by Gasteiger charge is 2.24. The van der Waals surface area contributed by atoms with E-state index in [1.54, 1.807) is 10.6 Å². The van der Waals surface area contributed by atoms with E-state index in [0.717, 1.165) is 35.0 Å². The number of benzene rings is 1. The maximum atomic E-state index is 13.4. The SMILES string of the molecule is Cl.NC1CCc2c(c3cc(F)ccc3n2CC(=O)O)C1. The van der Waals surface area contributed by atoms with Crippen molar-refractivity contribution in [3.8, 4) is 0 Å². The lowest BCUT2D eigenvalue weighted by Gasteiger charge is -2.20. The third-order valence-corrected chi connectivity index (χ3v) is 3.76. The van der Waals surface area contributed by atoms with Crippen molar-refractivity contribution >= 4 is 29.3 Å². The summed E-state index contributed by atoms with van der Waals surface area (Å²) in [5, 5.41) is 9.83. The summed E-state index contributed by atoms with van der Waals surface area (Å²) >= 11 is 0. The van der Waals surface area contributed by atoms with Crippen molar-refractivity contribution in [2.45, 2.75) is 31.8 Å². The van der Waals surface area contributed by atoms with Crippen molar-refractivity contribution in [1.29, 1.82) is 0 Å². The molecule has 1 unspecified atom stereocenters. The van der Waals surface area contributed by atoms with E-state index >= 15 is 0 Å². The fourth-order valence-electron chi connectivity index (χ4n) is 2.96. The van der Waals surface area contributed by atoms with Gasteiger partial charge < -0.3 is 15.4 Å². The number of nitrogens with zero attached hydrogens (tertiary/aromatic N) is 1. The molecular formula is C14H16ClFN2O2. The molecule has 1 aliphatic rings. The highest BCUT2D eigenvalue weighted by molar-refractivity contribution is 5.87. The molecular weight excluding hydrogens is 283 g/mol. The molecule has 0 aliphatic heterocycles. The molecule has 3 rings (SSSR count). The van der Waals surface area contributed by atoms with Gasteiger partial charge in [-0.15, -0.1) is 12.4 Å². The lowest BCUT2D eigenvalue weighted by atomic mass is 9.92. The Hall–Kier alpha value is -1.59. The number of rotatable bonds is 2. The molecule has 0 saturated heterocycles. The van der Waals surface area contributed by atoms with Crippen molar-refractivity contribution in [1.82, 2.24) is 4.57 Å². The average Bonchev–Trinajstić information content (AvgIpc) is 2.62. The van der Waals surface area contributed by atoms with Gasteiger partial charge in [-0.2, -0.15) is 0 Å². The third-order valence-electron chi connectivity index (χ3n) is 3.76. The summed E-state index contributed by atoms with van der Waals surface area (Å²) in [6, 6.07) is 4.56. The molecule has 4 nitrogen and oxygen atoms in total. The number of carboxylic acids is 1. The van der Waals surface area contributed by atoms with Crippen molar-refractivity contribution < 1.29 is 14.3 Å². The van der Waals surface area contributed by atoms with Crippen LogP contribution in [-0.4, -0.2) is 21.7 Å². The lowest BCUT2D eigenvalue weighted by molar-refractivity contribution is -0.137. The van der Waals surface area contributed by atoms with Gasteiger partial charge in [0.2, 0.25) is 0 Å². The van der Waals surface area contributed by atoms with Gasteiger partial charge in [0.15, 0.2) is 0 Å². The van der Waals surface area contributed by atoms with Crippen LogP contribution in [0.2, 0.25) is 0 Å². The van der Waals surface area contributed by atoms with Crippen LogP contribution in [0, 0.1) is 5.82 Å². The largest absolute Gasteiger partial charge is 0.480 e. The summed E-state index contributed by atoms with van der Waals surface area (Å²) in [6.07, 6.45) is 2.27. The van der Waals surface area contributed by atoms with Gasteiger partial charge >= 0.3 is 5.97 Å². The number of aromatic nitrogens is 1. The fraction of sp³-hybridized carbons (Fsp3) is 0.357. The van der Waals surface area contributed by atoms with Gasteiger partial charge in [-0.1, -0.05) is 0 Å². The molecule has 20 heavy (non-hydrogen) atoms. The highest BCUT2D eigenvalue weighted by atomic mass is 35.5. The summed E-state index contributed by atoms with van der Waals surface area (Å²) < 4.78 is 15.2. The summed E-state index contributed by atoms with van der Waals surface area (Å²) in [6.45, 7) is -0.0906. The standard InChI is InChI=1S/C14H15FN2O2.ClH/c15-8-1-3-12-10(5-8)11-6-9(16)2-4-13(11)17(12)7-14(18)19;/h1,3,5,9H,2,4,6-7,16H2,(H,18,19);1H. The Morgan fingerprint density at radius 1 is 1.50 bits per heavy atom. The average molecular weight is 299 g/mol. The minimum atomic E-state index is -0.890. The minimum Gasteiger partial charge on any atom is -0.480 e. The van der Waals surface area contributed by atoms with Crippen LogP contribution < -0.4 is 5.73 Å². The van der Waals surface area contributed by atoms with Crippen molar-refractivity contribution in [3.05, 3.63) is 35.3 Å². The van der Waals surface area contributed by atoms with E-state index in [1.807, 2.05) is 0 Å². The van der Waals surface area contributed by atoms with Crippen LogP contribution in [-0.2, 0) is 24.2 Å². The Balaban J connectivity index is 0.00000147. The summed E-state index contributed by atoms with van der Waals surface area (Å²) in [5.41, 5.74) is 8.75. The first-order chi connectivity index (χ1) is 9.06. The first kappa shape index (κ1) is 14.8. The van der Waals surface area contributed by atoms with Crippen LogP contribution >= 0.6 is 12.4 Å². The molecule has 0 amide bonds. The van der Waals surface area contributed by atoms with Gasteiger partial charge in [0, 0.05) is 22.6 Å². The normalized spacial score (nSPS) is 17.6. The second-order valence-corrected chi connectivity index (χ2v) is 5.07. The number of hydrogen-bond donors (Lipinski definition) is 2. The van der Waals surface area contributed by atoms with Gasteiger partial charge in [-0.05, 0) is 43.0 Å². The topological polar surface area (TPSA) is 68.2 Å². The first-order valence-electron chi connectivity index (χ1n) is 6.33. The molecule has 3 N–H and O–H groups in total. The molecule has 0 spiro atoms. The van der Waals surface area contributed by atoms with Crippen LogP contribution in [0.5, 0.6) is 0 Å². The van der Waals surface area contributed by atoms with Crippen LogP contribution in [0.25, 0.3) is 10.9 Å². The van der Waals surface area contributed by atoms with Gasteiger partial charge in [0.25, 0.3) is 0 Å². The quantitative estimate of drug-likeness (QED) is 0.892. The second kappa shape index (κ2) is 5.42. The van der Waals surface area contributed by atoms with Crippen LogP contribution in [0.3, 0.4) is 0 Å². The van der Waals surface area contributed by atoms with E-state index in [-0.39, 0.29) is 30.8 Å². The molecule has 0 fully saturated rings. The number of hydrogen-bond acceptors (Lipinski definition) is 2. The number of fused-ring (bicyclic) bond motifs is 3. The van der Waals surface area contributed by atoms with Crippen molar-refractivity contribution in [2.24, 2.45) is 5.73 Å². The predicted octanol–water partition coefficient (Wildman–Crippen LogP) is 2.10. The van der Waals surface area contributed by atoms with Crippen molar-refractivity contribution in [3.63, 3.8) is 0 Å². The summed E-state index contributed by atoms with van der Waals surface area (Å²) in [4.78, 5) is 11.0. The molecule has 1 atom stereocenters. The first-order valence-corrected chi connectivity index (χ1v) is 6.33. The molecule has 0 bridgehead atoms. The highest BCUT2D eigenvalue weighted by Crippen LogP contribution is 2.32. The van der Waals surface area contributed by atoms with Gasteiger partial charge in [-0.25, -0.2) is 4.39 Å². The van der Waals surface area contributed by atoms with Gasteiger partial charge in [-0.3, -0.25) is 4.79 Å². The molecule has 1 aromatic heterocycles. The monoisotopic (exact) mass is 298 g/mol. The molecule has 0 saturated carbocycles. The van der Waals surface area contributed by atoms with Gasteiger partial charge in [0.1, 0.15) is 12.4 Å². The zero-order valence-corrected chi connectivity index (χ0v) is 11.6. The molecule has 1 heterocycles. The second-order valence-electron chi connectivity index (χ2n) is 5.07. The van der Waals surface area contributed by atoms with E-state index in [1.165, 1.54) is 12.1 Å². The van der Waals surface area contributed by atoms with Gasteiger partial charge in [0.05, 0.1) is 0 Å². The zero-order valence-electron chi connectivity index (χ0n) is 10.8.